The van der Waals surface area contributed by atoms with Crippen LogP contribution in [0.15, 0.2) is 42.5 Å². The molecule has 2 aromatic carbocycles. The summed E-state index contributed by atoms with van der Waals surface area (Å²) in [7, 11) is 1.48. The molecule has 114 valence electrons. The van der Waals surface area contributed by atoms with Crippen LogP contribution in [0.4, 0.5) is 17.1 Å². The summed E-state index contributed by atoms with van der Waals surface area (Å²) in [6.07, 6.45) is 0. The van der Waals surface area contributed by atoms with Crippen LogP contribution in [-0.4, -0.2) is 18.9 Å². The van der Waals surface area contributed by atoms with Gasteiger partial charge in [0.2, 0.25) is 0 Å². The summed E-state index contributed by atoms with van der Waals surface area (Å²) in [5, 5.41) is 4.97. The maximum atomic E-state index is 11.9. The number of nitrogen functional groups attached to an aromatic ring is 1. The van der Waals surface area contributed by atoms with Crippen molar-refractivity contribution in [1.29, 1.82) is 0 Å². The second-order valence-corrected chi connectivity index (χ2v) is 4.70. The third-order valence-electron chi connectivity index (χ3n) is 3.02. The summed E-state index contributed by atoms with van der Waals surface area (Å²) >= 11 is 0. The third-order valence-corrected chi connectivity index (χ3v) is 3.02. The average Bonchev–Trinajstić information content (AvgIpc) is 2.50. The molecule has 6 nitrogen and oxygen atoms in total. The molecule has 0 radical (unpaired) electrons. The number of para-hydroxylation sites is 2. The number of carbonyl (C=O) groups excluding carboxylic acids is 2. The minimum absolute atomic E-state index is 0.394. The Balaban J connectivity index is 2.08. The zero-order chi connectivity index (χ0) is 16.1. The lowest BCUT2D eigenvalue weighted by Gasteiger charge is -2.11. The lowest BCUT2D eigenvalue weighted by atomic mass is 10.2. The SMILES string of the molecule is COc1ccccc1NC(=O)C(=O)Nc1ccc(C)cc1N. The minimum Gasteiger partial charge on any atom is -0.495 e. The molecule has 0 heterocycles. The van der Waals surface area contributed by atoms with Gasteiger partial charge in [-0.05, 0) is 36.8 Å². The van der Waals surface area contributed by atoms with E-state index in [-0.39, 0.29) is 0 Å². The monoisotopic (exact) mass is 299 g/mol. The highest BCUT2D eigenvalue weighted by Gasteiger charge is 2.16. The molecule has 2 rings (SSSR count). The molecule has 0 atom stereocenters. The molecule has 0 unspecified atom stereocenters. The summed E-state index contributed by atoms with van der Waals surface area (Å²) in [6.45, 7) is 1.89. The number of aryl methyl sites for hydroxylation is 1. The first kappa shape index (κ1) is 15.4. The molecule has 6 heteroatoms. The quantitative estimate of drug-likeness (QED) is 0.598. The first-order valence-electron chi connectivity index (χ1n) is 6.62. The van der Waals surface area contributed by atoms with E-state index in [1.54, 1.807) is 42.5 Å². The van der Waals surface area contributed by atoms with Crippen LogP contribution >= 0.6 is 0 Å². The largest absolute Gasteiger partial charge is 0.495 e. The van der Waals surface area contributed by atoms with Gasteiger partial charge in [0, 0.05) is 0 Å². The molecule has 0 aliphatic rings. The number of rotatable bonds is 3. The van der Waals surface area contributed by atoms with Gasteiger partial charge in [-0.3, -0.25) is 9.59 Å². The van der Waals surface area contributed by atoms with Crippen molar-refractivity contribution >= 4 is 28.9 Å². The first-order valence-corrected chi connectivity index (χ1v) is 6.62. The van der Waals surface area contributed by atoms with Crippen molar-refractivity contribution in [1.82, 2.24) is 0 Å². The third kappa shape index (κ3) is 3.54. The number of anilines is 3. The standard InChI is InChI=1S/C16H17N3O3/c1-10-7-8-12(11(17)9-10)18-15(20)16(21)19-13-5-3-4-6-14(13)22-2/h3-9H,17H2,1-2H3,(H,18,20)(H,19,21). The molecule has 4 N–H and O–H groups in total. The van der Waals surface area contributed by atoms with Crippen LogP contribution < -0.4 is 21.1 Å². The Morgan fingerprint density at radius 1 is 1.00 bits per heavy atom. The first-order chi connectivity index (χ1) is 10.5. The number of benzene rings is 2. The zero-order valence-electron chi connectivity index (χ0n) is 12.3. The fourth-order valence-electron chi connectivity index (χ4n) is 1.90. The molecule has 2 aromatic rings. The fraction of sp³-hybridized carbons (Fsp3) is 0.125. The van der Waals surface area contributed by atoms with Crippen molar-refractivity contribution in [2.45, 2.75) is 6.92 Å². The van der Waals surface area contributed by atoms with Crippen LogP contribution in [0.2, 0.25) is 0 Å². The average molecular weight is 299 g/mol. The smallest absolute Gasteiger partial charge is 0.314 e. The lowest BCUT2D eigenvalue weighted by molar-refractivity contribution is -0.133. The molecule has 0 fully saturated rings. The van der Waals surface area contributed by atoms with Gasteiger partial charge in [0.15, 0.2) is 0 Å². The van der Waals surface area contributed by atoms with Gasteiger partial charge < -0.3 is 21.1 Å². The van der Waals surface area contributed by atoms with E-state index in [4.69, 9.17) is 10.5 Å². The van der Waals surface area contributed by atoms with Crippen LogP contribution in [0.3, 0.4) is 0 Å². The Labute approximate surface area is 128 Å². The number of ether oxygens (including phenoxy) is 1. The predicted octanol–water partition coefficient (Wildman–Crippen LogP) is 2.16. The molecule has 22 heavy (non-hydrogen) atoms. The van der Waals surface area contributed by atoms with E-state index in [0.717, 1.165) is 5.56 Å². The molecule has 0 aliphatic heterocycles. The molecular formula is C16H17N3O3. The Morgan fingerprint density at radius 2 is 1.64 bits per heavy atom. The molecule has 0 aliphatic carbocycles. The van der Waals surface area contributed by atoms with Gasteiger partial charge in [0.1, 0.15) is 5.75 Å². The normalized spacial score (nSPS) is 9.91. The van der Waals surface area contributed by atoms with Gasteiger partial charge in [-0.25, -0.2) is 0 Å². The number of hydrogen-bond acceptors (Lipinski definition) is 4. The van der Waals surface area contributed by atoms with Crippen LogP contribution in [0, 0.1) is 6.92 Å². The molecule has 0 saturated carbocycles. The van der Waals surface area contributed by atoms with E-state index >= 15 is 0 Å². The van der Waals surface area contributed by atoms with Gasteiger partial charge in [-0.2, -0.15) is 0 Å². The van der Waals surface area contributed by atoms with E-state index in [1.807, 2.05) is 6.92 Å². The zero-order valence-corrected chi connectivity index (χ0v) is 12.3. The number of amides is 2. The highest BCUT2D eigenvalue weighted by Crippen LogP contribution is 2.23. The van der Waals surface area contributed by atoms with E-state index < -0.39 is 11.8 Å². The topological polar surface area (TPSA) is 93.4 Å². The summed E-state index contributed by atoms with van der Waals surface area (Å²) in [6, 6.07) is 12.0. The Morgan fingerprint density at radius 3 is 2.27 bits per heavy atom. The molecule has 0 spiro atoms. The van der Waals surface area contributed by atoms with E-state index in [0.29, 0.717) is 22.8 Å². The Hall–Kier alpha value is -3.02. The Bertz CT molecular complexity index is 714. The highest BCUT2D eigenvalue weighted by atomic mass is 16.5. The molecule has 0 bridgehead atoms. The molecule has 0 aromatic heterocycles. The van der Waals surface area contributed by atoms with Gasteiger partial charge >= 0.3 is 11.8 Å². The molecule has 2 amide bonds. The molecule has 0 saturated heterocycles. The predicted molar refractivity (Wildman–Crippen MR) is 85.8 cm³/mol. The molecular weight excluding hydrogens is 282 g/mol. The maximum Gasteiger partial charge on any atom is 0.314 e. The van der Waals surface area contributed by atoms with Crippen molar-refractivity contribution < 1.29 is 14.3 Å². The number of nitrogens with one attached hydrogen (secondary N) is 2. The van der Waals surface area contributed by atoms with Crippen LogP contribution in [0.5, 0.6) is 5.75 Å². The van der Waals surface area contributed by atoms with Crippen LogP contribution in [0.1, 0.15) is 5.56 Å². The fourth-order valence-corrected chi connectivity index (χ4v) is 1.90. The van der Waals surface area contributed by atoms with Crippen molar-refractivity contribution in [3.8, 4) is 5.75 Å². The number of carbonyl (C=O) groups is 2. The van der Waals surface area contributed by atoms with Crippen molar-refractivity contribution in [3.63, 3.8) is 0 Å². The number of nitrogens with two attached hydrogens (primary N) is 1. The minimum atomic E-state index is -0.804. The lowest BCUT2D eigenvalue weighted by Crippen LogP contribution is -2.29. The van der Waals surface area contributed by atoms with Gasteiger partial charge in [-0.1, -0.05) is 18.2 Å². The number of hydrogen-bond donors (Lipinski definition) is 3. The summed E-state index contributed by atoms with van der Waals surface area (Å²) in [5.41, 5.74) is 7.98. The van der Waals surface area contributed by atoms with E-state index in [9.17, 15) is 9.59 Å². The van der Waals surface area contributed by atoms with Crippen LogP contribution in [0.25, 0.3) is 0 Å². The Kier molecular flexibility index (Phi) is 4.63. The number of methoxy groups -OCH3 is 1. The summed E-state index contributed by atoms with van der Waals surface area (Å²) in [4.78, 5) is 23.9. The van der Waals surface area contributed by atoms with Crippen molar-refractivity contribution in [3.05, 3.63) is 48.0 Å². The highest BCUT2D eigenvalue weighted by molar-refractivity contribution is 6.44. The van der Waals surface area contributed by atoms with Crippen molar-refractivity contribution in [2.24, 2.45) is 0 Å². The maximum absolute atomic E-state index is 11.9. The van der Waals surface area contributed by atoms with Crippen LogP contribution in [-0.2, 0) is 9.59 Å². The second-order valence-electron chi connectivity index (χ2n) is 4.70. The summed E-state index contributed by atoms with van der Waals surface area (Å²) < 4.78 is 5.11. The van der Waals surface area contributed by atoms with E-state index in [2.05, 4.69) is 10.6 Å². The van der Waals surface area contributed by atoms with Gasteiger partial charge in [0.25, 0.3) is 0 Å². The van der Waals surface area contributed by atoms with Gasteiger partial charge in [0.05, 0.1) is 24.2 Å². The summed E-state index contributed by atoms with van der Waals surface area (Å²) in [5.74, 6) is -1.13. The van der Waals surface area contributed by atoms with Crippen molar-refractivity contribution in [2.75, 3.05) is 23.5 Å². The van der Waals surface area contributed by atoms with E-state index in [1.165, 1.54) is 7.11 Å². The second kappa shape index (κ2) is 6.62. The van der Waals surface area contributed by atoms with Gasteiger partial charge in [-0.15, -0.1) is 0 Å².